The molecular formula is C20H14BrCl2N3O2S. The molecule has 2 N–H and O–H groups in total. The number of hydrogen-bond donors (Lipinski definition) is 2. The first-order valence-corrected chi connectivity index (χ1v) is 10.3. The fourth-order valence-corrected chi connectivity index (χ4v) is 3.32. The number of halogens is 3. The van der Waals surface area contributed by atoms with E-state index in [4.69, 9.17) is 39.8 Å². The van der Waals surface area contributed by atoms with Crippen molar-refractivity contribution in [1.82, 2.24) is 10.3 Å². The van der Waals surface area contributed by atoms with Gasteiger partial charge in [-0.05, 0) is 83.6 Å². The number of carbonyl (C=O) groups excluding carboxylic acids is 1. The van der Waals surface area contributed by atoms with Gasteiger partial charge in [0, 0.05) is 26.2 Å². The van der Waals surface area contributed by atoms with E-state index < -0.39 is 5.91 Å². The van der Waals surface area contributed by atoms with Gasteiger partial charge in [0.05, 0.1) is 5.69 Å². The lowest BCUT2D eigenvalue weighted by Gasteiger charge is -2.08. The average Bonchev–Trinajstić information content (AvgIpc) is 3.11. The molecule has 3 aromatic rings. The van der Waals surface area contributed by atoms with Crippen LogP contribution in [0.1, 0.15) is 11.5 Å². The highest BCUT2D eigenvalue weighted by molar-refractivity contribution is 9.10. The Hall–Kier alpha value is -2.19. The summed E-state index contributed by atoms with van der Waals surface area (Å²) in [6.07, 6.45) is 2.86. The summed E-state index contributed by atoms with van der Waals surface area (Å²) >= 11 is 20.5. The first-order chi connectivity index (χ1) is 13.8. The molecule has 1 aromatic carbocycles. The van der Waals surface area contributed by atoms with E-state index in [1.54, 1.807) is 36.4 Å². The number of carbonyl (C=O) groups is 1. The minimum atomic E-state index is -0.403. The molecule has 5 nitrogen and oxygen atoms in total. The van der Waals surface area contributed by atoms with Crippen LogP contribution >= 0.6 is 51.3 Å². The molecule has 0 fully saturated rings. The summed E-state index contributed by atoms with van der Waals surface area (Å²) in [4.78, 5) is 16.4. The Kier molecular flexibility index (Phi) is 7.08. The van der Waals surface area contributed by atoms with Gasteiger partial charge in [0.15, 0.2) is 5.11 Å². The SMILES string of the molecule is Cc1nc(NC(=S)NC(=O)/C=C/c2ccc(-c3cc(Cl)cc(Cl)c3)o2)ccc1Br. The molecule has 9 heteroatoms. The maximum atomic E-state index is 12.1. The Morgan fingerprint density at radius 3 is 2.59 bits per heavy atom. The van der Waals surface area contributed by atoms with Gasteiger partial charge in [0.1, 0.15) is 17.3 Å². The molecule has 0 atom stereocenters. The van der Waals surface area contributed by atoms with E-state index >= 15 is 0 Å². The normalized spacial score (nSPS) is 10.9. The van der Waals surface area contributed by atoms with Gasteiger partial charge in [-0.15, -0.1) is 0 Å². The maximum absolute atomic E-state index is 12.1. The summed E-state index contributed by atoms with van der Waals surface area (Å²) in [6.45, 7) is 1.86. The van der Waals surface area contributed by atoms with Gasteiger partial charge in [-0.2, -0.15) is 0 Å². The van der Waals surface area contributed by atoms with E-state index in [1.807, 2.05) is 13.0 Å². The number of aromatic nitrogens is 1. The molecule has 0 saturated heterocycles. The van der Waals surface area contributed by atoms with Crippen molar-refractivity contribution in [1.29, 1.82) is 0 Å². The van der Waals surface area contributed by atoms with Gasteiger partial charge in [0.2, 0.25) is 5.91 Å². The zero-order valence-electron chi connectivity index (χ0n) is 15.0. The van der Waals surface area contributed by atoms with Crippen LogP contribution < -0.4 is 10.6 Å². The summed E-state index contributed by atoms with van der Waals surface area (Å²) in [5.74, 6) is 1.22. The molecule has 3 rings (SSSR count). The summed E-state index contributed by atoms with van der Waals surface area (Å²) in [7, 11) is 0. The number of furan rings is 1. The zero-order valence-corrected chi connectivity index (χ0v) is 18.9. The van der Waals surface area contributed by atoms with Crippen molar-refractivity contribution >= 4 is 74.3 Å². The monoisotopic (exact) mass is 509 g/mol. The molecule has 29 heavy (non-hydrogen) atoms. The number of anilines is 1. The van der Waals surface area contributed by atoms with Gasteiger partial charge >= 0.3 is 0 Å². The third kappa shape index (κ3) is 6.14. The molecule has 2 heterocycles. The average molecular weight is 511 g/mol. The van der Waals surface area contributed by atoms with Crippen LogP contribution in [-0.2, 0) is 4.79 Å². The van der Waals surface area contributed by atoms with E-state index in [2.05, 4.69) is 31.5 Å². The predicted octanol–water partition coefficient (Wildman–Crippen LogP) is 6.25. The standard InChI is InChI=1S/C20H14BrCl2N3O2S/c1-11-16(21)4-6-18(24-11)25-20(29)26-19(27)7-3-15-2-5-17(28-15)12-8-13(22)10-14(23)9-12/h2-10H,1H3,(H2,24,25,26,27,29)/b7-3+. The Morgan fingerprint density at radius 2 is 1.90 bits per heavy atom. The maximum Gasteiger partial charge on any atom is 0.250 e. The quantitative estimate of drug-likeness (QED) is 0.321. The number of nitrogens with zero attached hydrogens (tertiary/aromatic N) is 1. The molecule has 0 aliphatic rings. The lowest BCUT2D eigenvalue weighted by molar-refractivity contribution is -0.115. The van der Waals surface area contributed by atoms with Gasteiger partial charge < -0.3 is 9.73 Å². The van der Waals surface area contributed by atoms with Crippen molar-refractivity contribution in [3.63, 3.8) is 0 Å². The Morgan fingerprint density at radius 1 is 1.17 bits per heavy atom. The second-order valence-corrected chi connectivity index (χ2v) is 8.04. The lowest BCUT2D eigenvalue weighted by Crippen LogP contribution is -2.33. The first kappa shape index (κ1) is 21.5. The van der Waals surface area contributed by atoms with Crippen LogP contribution in [0.2, 0.25) is 10.0 Å². The fourth-order valence-electron chi connectivity index (χ4n) is 2.37. The largest absolute Gasteiger partial charge is 0.457 e. The highest BCUT2D eigenvalue weighted by atomic mass is 79.9. The molecule has 1 amide bonds. The van der Waals surface area contributed by atoms with Crippen molar-refractivity contribution in [3.8, 4) is 11.3 Å². The minimum Gasteiger partial charge on any atom is -0.457 e. The van der Waals surface area contributed by atoms with E-state index in [1.165, 1.54) is 12.2 Å². The summed E-state index contributed by atoms with van der Waals surface area (Å²) < 4.78 is 6.60. The van der Waals surface area contributed by atoms with E-state index in [0.717, 1.165) is 15.7 Å². The number of nitrogens with one attached hydrogen (secondary N) is 2. The van der Waals surface area contributed by atoms with Gasteiger partial charge in [-0.1, -0.05) is 23.2 Å². The smallest absolute Gasteiger partial charge is 0.250 e. The summed E-state index contributed by atoms with van der Waals surface area (Å²) in [6, 6.07) is 12.2. The molecule has 0 aliphatic carbocycles. The van der Waals surface area contributed by atoms with Gasteiger partial charge in [0.25, 0.3) is 0 Å². The lowest BCUT2D eigenvalue weighted by atomic mass is 10.2. The van der Waals surface area contributed by atoms with Crippen molar-refractivity contribution in [3.05, 3.63) is 74.5 Å². The molecule has 0 radical (unpaired) electrons. The second-order valence-electron chi connectivity index (χ2n) is 5.90. The van der Waals surface area contributed by atoms with Crippen LogP contribution in [0.15, 0.2) is 57.4 Å². The molecule has 0 aliphatic heterocycles. The van der Waals surface area contributed by atoms with E-state index in [-0.39, 0.29) is 5.11 Å². The van der Waals surface area contributed by atoms with Crippen molar-refractivity contribution < 1.29 is 9.21 Å². The number of pyridine rings is 1. The highest BCUT2D eigenvalue weighted by Gasteiger charge is 2.07. The Bertz CT molecular complexity index is 1090. The van der Waals surface area contributed by atoms with E-state index in [0.29, 0.717) is 27.4 Å². The predicted molar refractivity (Wildman–Crippen MR) is 124 cm³/mol. The zero-order chi connectivity index (χ0) is 21.0. The molecule has 0 unspecified atom stereocenters. The Labute approximate surface area is 191 Å². The van der Waals surface area contributed by atoms with Crippen LogP contribution in [0, 0.1) is 6.92 Å². The van der Waals surface area contributed by atoms with Crippen molar-refractivity contribution in [2.24, 2.45) is 0 Å². The van der Waals surface area contributed by atoms with Crippen molar-refractivity contribution in [2.45, 2.75) is 6.92 Å². The molecule has 148 valence electrons. The molecule has 0 bridgehead atoms. The number of benzene rings is 1. The molecule has 2 aromatic heterocycles. The second kappa shape index (κ2) is 9.54. The van der Waals surface area contributed by atoms with Gasteiger partial charge in [-0.3, -0.25) is 10.1 Å². The first-order valence-electron chi connectivity index (χ1n) is 8.29. The Balaban J connectivity index is 1.59. The van der Waals surface area contributed by atoms with Crippen LogP contribution in [-0.4, -0.2) is 16.0 Å². The third-order valence-corrected chi connectivity index (χ3v) is 5.15. The van der Waals surface area contributed by atoms with Crippen molar-refractivity contribution in [2.75, 3.05) is 5.32 Å². The van der Waals surface area contributed by atoms with Crippen LogP contribution in [0.25, 0.3) is 17.4 Å². The molecule has 0 saturated carbocycles. The van der Waals surface area contributed by atoms with Crippen LogP contribution in [0.4, 0.5) is 5.82 Å². The number of rotatable bonds is 4. The van der Waals surface area contributed by atoms with Gasteiger partial charge in [-0.25, -0.2) is 4.98 Å². The molecular weight excluding hydrogens is 497 g/mol. The number of amides is 1. The number of aryl methyl sites for hydroxylation is 1. The van der Waals surface area contributed by atoms with Crippen LogP contribution in [0.5, 0.6) is 0 Å². The topological polar surface area (TPSA) is 67.2 Å². The highest BCUT2D eigenvalue weighted by Crippen LogP contribution is 2.28. The molecule has 0 spiro atoms. The number of hydrogen-bond acceptors (Lipinski definition) is 4. The fraction of sp³-hybridized carbons (Fsp3) is 0.0500. The third-order valence-electron chi connectivity index (χ3n) is 3.67. The van der Waals surface area contributed by atoms with Crippen LogP contribution in [0.3, 0.4) is 0 Å². The summed E-state index contributed by atoms with van der Waals surface area (Å²) in [5, 5.41) is 6.58. The van der Waals surface area contributed by atoms with E-state index in [9.17, 15) is 4.79 Å². The number of thiocarbonyl (C=S) groups is 1. The summed E-state index contributed by atoms with van der Waals surface area (Å²) in [5.41, 5.74) is 1.55. The minimum absolute atomic E-state index is 0.141.